The van der Waals surface area contributed by atoms with Crippen molar-refractivity contribution < 1.29 is 24.4 Å². The molecule has 1 saturated heterocycles. The van der Waals surface area contributed by atoms with Crippen LogP contribution in [0, 0.1) is 6.92 Å². The lowest BCUT2D eigenvalue weighted by Gasteiger charge is -2.22. The lowest BCUT2D eigenvalue weighted by atomic mass is 10.1. The monoisotopic (exact) mass is 315 g/mol. The number of aliphatic hydroxyl groups excluding tert-OH is 2. The number of rotatable bonds is 6. The zero-order valence-corrected chi connectivity index (χ0v) is 12.5. The van der Waals surface area contributed by atoms with Crippen LogP contribution in [0.5, 0.6) is 0 Å². The summed E-state index contributed by atoms with van der Waals surface area (Å²) in [6.07, 6.45) is -2.15. The maximum absolute atomic E-state index is 12.0. The highest BCUT2D eigenvalue weighted by Crippen LogP contribution is 2.31. The van der Waals surface area contributed by atoms with Gasteiger partial charge in [0.25, 0.3) is 0 Å². The van der Waals surface area contributed by atoms with Crippen molar-refractivity contribution in [1.82, 2.24) is 9.55 Å². The summed E-state index contributed by atoms with van der Waals surface area (Å²) in [5.41, 5.74) is 5.59. The van der Waals surface area contributed by atoms with E-state index in [0.29, 0.717) is 12.2 Å². The molecule has 1 aromatic heterocycles. The quantitative estimate of drug-likeness (QED) is 0.536. The SMILES string of the molecule is COCCOC1[C@@H](O)[C@@H](CO)O[C@H]1n1cc(C)c(N)nc1=O. The normalized spacial score (nSPS) is 28.2. The summed E-state index contributed by atoms with van der Waals surface area (Å²) in [5, 5.41) is 19.5. The van der Waals surface area contributed by atoms with Crippen LogP contribution < -0.4 is 11.4 Å². The number of ether oxygens (including phenoxy) is 3. The van der Waals surface area contributed by atoms with Crippen molar-refractivity contribution in [3.05, 3.63) is 22.2 Å². The molecule has 1 unspecified atom stereocenters. The van der Waals surface area contributed by atoms with Gasteiger partial charge in [-0.05, 0) is 6.92 Å². The molecule has 1 fully saturated rings. The highest BCUT2D eigenvalue weighted by Gasteiger charge is 2.45. The van der Waals surface area contributed by atoms with Crippen molar-refractivity contribution in [3.63, 3.8) is 0 Å². The third-order valence-electron chi connectivity index (χ3n) is 3.54. The summed E-state index contributed by atoms with van der Waals surface area (Å²) in [6, 6.07) is 0. The van der Waals surface area contributed by atoms with Crippen LogP contribution in [0.2, 0.25) is 0 Å². The molecule has 0 radical (unpaired) electrons. The van der Waals surface area contributed by atoms with E-state index in [2.05, 4.69) is 4.98 Å². The molecule has 2 heterocycles. The maximum Gasteiger partial charge on any atom is 0.351 e. The smallest absolute Gasteiger partial charge is 0.351 e. The van der Waals surface area contributed by atoms with E-state index in [1.54, 1.807) is 6.92 Å². The van der Waals surface area contributed by atoms with E-state index in [4.69, 9.17) is 19.9 Å². The molecule has 0 aliphatic carbocycles. The largest absolute Gasteiger partial charge is 0.394 e. The zero-order valence-electron chi connectivity index (χ0n) is 12.5. The Hall–Kier alpha value is -1.52. The van der Waals surface area contributed by atoms with Crippen molar-refractivity contribution in [2.45, 2.75) is 31.5 Å². The summed E-state index contributed by atoms with van der Waals surface area (Å²) in [7, 11) is 1.52. The van der Waals surface area contributed by atoms with Crippen molar-refractivity contribution >= 4 is 5.82 Å². The molecule has 0 aromatic carbocycles. The molecule has 2 rings (SSSR count). The van der Waals surface area contributed by atoms with Crippen LogP contribution in [0.3, 0.4) is 0 Å². The average molecular weight is 315 g/mol. The van der Waals surface area contributed by atoms with Gasteiger partial charge >= 0.3 is 5.69 Å². The highest BCUT2D eigenvalue weighted by molar-refractivity contribution is 5.35. The van der Waals surface area contributed by atoms with Gasteiger partial charge in [-0.25, -0.2) is 4.79 Å². The first-order valence-electron chi connectivity index (χ1n) is 6.89. The van der Waals surface area contributed by atoms with Crippen molar-refractivity contribution in [1.29, 1.82) is 0 Å². The number of nitrogens with zero attached hydrogens (tertiary/aromatic N) is 2. The Balaban J connectivity index is 2.29. The van der Waals surface area contributed by atoms with Crippen LogP contribution in [-0.4, -0.2) is 65.0 Å². The van der Waals surface area contributed by atoms with Crippen molar-refractivity contribution in [2.24, 2.45) is 0 Å². The number of anilines is 1. The summed E-state index contributed by atoms with van der Waals surface area (Å²) in [5.74, 6) is 0.135. The third-order valence-corrected chi connectivity index (χ3v) is 3.54. The average Bonchev–Trinajstić information content (AvgIpc) is 2.80. The predicted octanol–water partition coefficient (Wildman–Crippen LogP) is -1.58. The van der Waals surface area contributed by atoms with Gasteiger partial charge in [-0.3, -0.25) is 4.57 Å². The fourth-order valence-electron chi connectivity index (χ4n) is 2.30. The van der Waals surface area contributed by atoms with Crippen LogP contribution in [0.15, 0.2) is 11.0 Å². The van der Waals surface area contributed by atoms with Gasteiger partial charge in [0.1, 0.15) is 24.1 Å². The minimum Gasteiger partial charge on any atom is -0.394 e. The van der Waals surface area contributed by atoms with Crippen molar-refractivity contribution in [3.8, 4) is 0 Å². The summed E-state index contributed by atoms with van der Waals surface area (Å²) >= 11 is 0. The molecule has 0 amide bonds. The van der Waals surface area contributed by atoms with E-state index in [1.165, 1.54) is 17.9 Å². The fraction of sp³-hybridized carbons (Fsp3) is 0.692. The van der Waals surface area contributed by atoms with Gasteiger partial charge < -0.3 is 30.2 Å². The van der Waals surface area contributed by atoms with Crippen LogP contribution in [0.25, 0.3) is 0 Å². The van der Waals surface area contributed by atoms with Crippen LogP contribution in [0.1, 0.15) is 11.8 Å². The summed E-state index contributed by atoms with van der Waals surface area (Å²) in [6.45, 7) is 1.85. The number of hydrogen-bond acceptors (Lipinski definition) is 8. The van der Waals surface area contributed by atoms with Gasteiger partial charge in [0, 0.05) is 18.9 Å². The second-order valence-electron chi connectivity index (χ2n) is 5.07. The van der Waals surface area contributed by atoms with E-state index in [0.717, 1.165) is 0 Å². The van der Waals surface area contributed by atoms with E-state index in [9.17, 15) is 15.0 Å². The Bertz CT molecular complexity index is 563. The predicted molar refractivity (Wildman–Crippen MR) is 76.3 cm³/mol. The number of nitrogen functional groups attached to an aromatic ring is 1. The Morgan fingerprint density at radius 1 is 1.50 bits per heavy atom. The molecule has 124 valence electrons. The van der Waals surface area contributed by atoms with Gasteiger partial charge in [0.05, 0.1) is 19.8 Å². The van der Waals surface area contributed by atoms with Gasteiger partial charge in [-0.15, -0.1) is 0 Å². The third kappa shape index (κ3) is 3.28. The molecule has 1 aliphatic rings. The number of aromatic nitrogens is 2. The van der Waals surface area contributed by atoms with E-state index >= 15 is 0 Å². The molecular weight excluding hydrogens is 294 g/mol. The lowest BCUT2D eigenvalue weighted by molar-refractivity contribution is -0.0819. The number of hydrogen-bond donors (Lipinski definition) is 3. The van der Waals surface area contributed by atoms with Gasteiger partial charge in [0.15, 0.2) is 6.23 Å². The standard InChI is InChI=1S/C13H21N3O6/c1-7-5-16(13(19)15-11(7)14)12-10(21-4-3-20-2)9(18)8(6-17)22-12/h5,8-10,12,17-18H,3-4,6H2,1-2H3,(H2,14,15,19)/t8-,9+,10?,12-/m1/s1. The van der Waals surface area contributed by atoms with E-state index in [1.807, 2.05) is 0 Å². The minimum atomic E-state index is -1.07. The Morgan fingerprint density at radius 2 is 2.23 bits per heavy atom. The van der Waals surface area contributed by atoms with E-state index in [-0.39, 0.29) is 12.4 Å². The number of aryl methyl sites for hydroxylation is 1. The first-order valence-corrected chi connectivity index (χ1v) is 6.89. The summed E-state index contributed by atoms with van der Waals surface area (Å²) < 4.78 is 17.2. The topological polar surface area (TPSA) is 129 Å². The second kappa shape index (κ2) is 7.16. The molecular formula is C13H21N3O6. The molecule has 9 heteroatoms. The molecule has 0 spiro atoms. The number of aliphatic hydroxyl groups is 2. The lowest BCUT2D eigenvalue weighted by Crippen LogP contribution is -2.39. The van der Waals surface area contributed by atoms with Gasteiger partial charge in [0.2, 0.25) is 0 Å². The molecule has 9 nitrogen and oxygen atoms in total. The first-order chi connectivity index (χ1) is 10.5. The molecule has 4 N–H and O–H groups in total. The highest BCUT2D eigenvalue weighted by atomic mass is 16.6. The maximum atomic E-state index is 12.0. The summed E-state index contributed by atoms with van der Waals surface area (Å²) in [4.78, 5) is 15.7. The number of nitrogens with two attached hydrogens (primary N) is 1. The van der Waals surface area contributed by atoms with Crippen LogP contribution in [-0.2, 0) is 14.2 Å². The Kier molecular flexibility index (Phi) is 5.48. The molecule has 1 aliphatic heterocycles. The van der Waals surface area contributed by atoms with E-state index < -0.39 is 36.8 Å². The van der Waals surface area contributed by atoms with Crippen molar-refractivity contribution in [2.75, 3.05) is 32.7 Å². The minimum absolute atomic E-state index is 0.135. The molecule has 22 heavy (non-hydrogen) atoms. The van der Waals surface area contributed by atoms with Gasteiger partial charge in [-0.1, -0.05) is 0 Å². The Labute approximate surface area is 127 Å². The Morgan fingerprint density at radius 3 is 2.86 bits per heavy atom. The van der Waals surface area contributed by atoms with Gasteiger partial charge in [-0.2, -0.15) is 4.98 Å². The molecule has 0 saturated carbocycles. The van der Waals surface area contributed by atoms with Crippen LogP contribution in [0.4, 0.5) is 5.82 Å². The van der Waals surface area contributed by atoms with Crippen LogP contribution >= 0.6 is 0 Å². The second-order valence-corrected chi connectivity index (χ2v) is 5.07. The zero-order chi connectivity index (χ0) is 16.3. The molecule has 1 aromatic rings. The molecule has 0 bridgehead atoms. The number of methoxy groups -OCH3 is 1. The molecule has 4 atom stereocenters. The fourth-order valence-corrected chi connectivity index (χ4v) is 2.30. The first kappa shape index (κ1) is 16.8.